The van der Waals surface area contributed by atoms with Crippen molar-refractivity contribution in [1.29, 1.82) is 0 Å². The van der Waals surface area contributed by atoms with Crippen molar-refractivity contribution in [1.82, 2.24) is 15.1 Å². The van der Waals surface area contributed by atoms with E-state index in [4.69, 9.17) is 0 Å². The maximum Gasteiger partial charge on any atom is 0.0234 e. The summed E-state index contributed by atoms with van der Waals surface area (Å²) in [5.41, 5.74) is 1.44. The highest BCUT2D eigenvalue weighted by molar-refractivity contribution is 5.14. The standard InChI is InChI=1S/C15H23N3/c1-2-4-14(5-3-1)13-17-8-10-18(11-9-17)15-6-7-16-12-15/h1-5,15-16H,6-13H2/t15-/m0/s1. The molecule has 2 aliphatic rings. The molecule has 2 aliphatic heterocycles. The zero-order valence-electron chi connectivity index (χ0n) is 11.0. The summed E-state index contributed by atoms with van der Waals surface area (Å²) in [7, 11) is 0. The molecule has 0 bridgehead atoms. The molecular formula is C15H23N3. The summed E-state index contributed by atoms with van der Waals surface area (Å²) in [6.45, 7) is 8.40. The Bertz CT molecular complexity index is 351. The van der Waals surface area contributed by atoms with E-state index >= 15 is 0 Å². The number of hydrogen-bond donors (Lipinski definition) is 1. The fourth-order valence-electron chi connectivity index (χ4n) is 3.08. The summed E-state index contributed by atoms with van der Waals surface area (Å²) in [5, 5.41) is 3.47. The minimum absolute atomic E-state index is 0.795. The number of hydrogen-bond acceptors (Lipinski definition) is 3. The Labute approximate surface area is 110 Å². The van der Waals surface area contributed by atoms with Crippen LogP contribution < -0.4 is 5.32 Å². The number of piperazine rings is 1. The first-order chi connectivity index (χ1) is 8.92. The van der Waals surface area contributed by atoms with Crippen LogP contribution in [0.25, 0.3) is 0 Å². The van der Waals surface area contributed by atoms with E-state index in [1.165, 1.54) is 51.3 Å². The summed E-state index contributed by atoms with van der Waals surface area (Å²) in [6.07, 6.45) is 1.33. The third kappa shape index (κ3) is 2.91. The van der Waals surface area contributed by atoms with Crippen molar-refractivity contribution in [2.45, 2.75) is 19.0 Å². The molecular weight excluding hydrogens is 222 g/mol. The van der Waals surface area contributed by atoms with Crippen LogP contribution in [0.1, 0.15) is 12.0 Å². The lowest BCUT2D eigenvalue weighted by Gasteiger charge is -2.37. The molecule has 2 heterocycles. The van der Waals surface area contributed by atoms with Gasteiger partial charge in [-0.05, 0) is 18.5 Å². The highest BCUT2D eigenvalue weighted by atomic mass is 15.3. The molecule has 0 saturated carbocycles. The normalized spacial score (nSPS) is 26.6. The summed E-state index contributed by atoms with van der Waals surface area (Å²) in [6, 6.07) is 11.6. The van der Waals surface area contributed by atoms with E-state index in [1.807, 2.05) is 0 Å². The molecule has 0 aliphatic carbocycles. The van der Waals surface area contributed by atoms with Crippen molar-refractivity contribution in [3.05, 3.63) is 35.9 Å². The van der Waals surface area contributed by atoms with E-state index in [2.05, 4.69) is 45.4 Å². The fraction of sp³-hybridized carbons (Fsp3) is 0.600. The Morgan fingerprint density at radius 2 is 1.83 bits per heavy atom. The summed E-state index contributed by atoms with van der Waals surface area (Å²) < 4.78 is 0. The van der Waals surface area contributed by atoms with Gasteiger partial charge in [-0.15, -0.1) is 0 Å². The van der Waals surface area contributed by atoms with E-state index in [0.29, 0.717) is 0 Å². The van der Waals surface area contributed by atoms with E-state index in [1.54, 1.807) is 0 Å². The van der Waals surface area contributed by atoms with Crippen molar-refractivity contribution >= 4 is 0 Å². The van der Waals surface area contributed by atoms with Gasteiger partial charge in [-0.2, -0.15) is 0 Å². The van der Waals surface area contributed by atoms with Crippen LogP contribution in [0.4, 0.5) is 0 Å². The lowest BCUT2D eigenvalue weighted by molar-refractivity contribution is 0.0981. The maximum absolute atomic E-state index is 3.47. The predicted octanol–water partition coefficient (Wildman–Crippen LogP) is 1.17. The Morgan fingerprint density at radius 1 is 1.06 bits per heavy atom. The van der Waals surface area contributed by atoms with Crippen LogP contribution in [-0.2, 0) is 6.54 Å². The summed E-state index contributed by atoms with van der Waals surface area (Å²) in [4.78, 5) is 5.25. The van der Waals surface area contributed by atoms with Crippen molar-refractivity contribution in [2.24, 2.45) is 0 Å². The first-order valence-corrected chi connectivity index (χ1v) is 7.13. The minimum Gasteiger partial charge on any atom is -0.315 e. The van der Waals surface area contributed by atoms with Crippen LogP contribution in [0, 0.1) is 0 Å². The van der Waals surface area contributed by atoms with Gasteiger partial charge in [-0.3, -0.25) is 9.80 Å². The predicted molar refractivity (Wildman–Crippen MR) is 74.6 cm³/mol. The number of rotatable bonds is 3. The second kappa shape index (κ2) is 5.83. The smallest absolute Gasteiger partial charge is 0.0234 e. The minimum atomic E-state index is 0.795. The first kappa shape index (κ1) is 12.2. The van der Waals surface area contributed by atoms with Crippen molar-refractivity contribution < 1.29 is 0 Å². The largest absolute Gasteiger partial charge is 0.315 e. The van der Waals surface area contributed by atoms with Crippen molar-refractivity contribution in [3.63, 3.8) is 0 Å². The molecule has 0 unspecified atom stereocenters. The zero-order chi connectivity index (χ0) is 12.2. The third-order valence-corrected chi connectivity index (χ3v) is 4.21. The molecule has 0 amide bonds. The monoisotopic (exact) mass is 245 g/mol. The molecule has 0 spiro atoms. The van der Waals surface area contributed by atoms with Crippen LogP contribution in [-0.4, -0.2) is 55.1 Å². The Balaban J connectivity index is 1.48. The molecule has 2 saturated heterocycles. The van der Waals surface area contributed by atoms with Crippen molar-refractivity contribution in [3.8, 4) is 0 Å². The summed E-state index contributed by atoms with van der Waals surface area (Å²) in [5.74, 6) is 0. The summed E-state index contributed by atoms with van der Waals surface area (Å²) >= 11 is 0. The number of nitrogens with zero attached hydrogens (tertiary/aromatic N) is 2. The van der Waals surface area contributed by atoms with Gasteiger partial charge >= 0.3 is 0 Å². The van der Waals surface area contributed by atoms with Crippen LogP contribution in [0.5, 0.6) is 0 Å². The van der Waals surface area contributed by atoms with Gasteiger partial charge in [0.15, 0.2) is 0 Å². The average Bonchev–Trinajstić information content (AvgIpc) is 2.95. The number of benzene rings is 1. The SMILES string of the molecule is c1ccc(CN2CCN([C@H]3CCNC3)CC2)cc1. The van der Waals surface area contributed by atoms with Crippen LogP contribution in [0.3, 0.4) is 0 Å². The molecule has 3 nitrogen and oxygen atoms in total. The van der Waals surface area contributed by atoms with E-state index in [-0.39, 0.29) is 0 Å². The molecule has 3 rings (SSSR count). The lowest BCUT2D eigenvalue weighted by Crippen LogP contribution is -2.50. The third-order valence-electron chi connectivity index (χ3n) is 4.21. The van der Waals surface area contributed by atoms with E-state index < -0.39 is 0 Å². The van der Waals surface area contributed by atoms with E-state index in [9.17, 15) is 0 Å². The lowest BCUT2D eigenvalue weighted by atomic mass is 10.1. The van der Waals surface area contributed by atoms with Crippen LogP contribution in [0.2, 0.25) is 0 Å². The van der Waals surface area contributed by atoms with Gasteiger partial charge in [-0.1, -0.05) is 30.3 Å². The fourth-order valence-corrected chi connectivity index (χ4v) is 3.08. The van der Waals surface area contributed by atoms with Gasteiger partial charge in [0.25, 0.3) is 0 Å². The highest BCUT2D eigenvalue weighted by Gasteiger charge is 2.25. The second-order valence-electron chi connectivity index (χ2n) is 5.44. The van der Waals surface area contributed by atoms with Gasteiger partial charge in [-0.25, -0.2) is 0 Å². The molecule has 3 heteroatoms. The van der Waals surface area contributed by atoms with Crippen molar-refractivity contribution in [2.75, 3.05) is 39.3 Å². The molecule has 98 valence electrons. The Kier molecular flexibility index (Phi) is 3.93. The van der Waals surface area contributed by atoms with Gasteiger partial charge in [0.05, 0.1) is 0 Å². The average molecular weight is 245 g/mol. The Hall–Kier alpha value is -0.900. The van der Waals surface area contributed by atoms with Gasteiger partial charge in [0.1, 0.15) is 0 Å². The number of nitrogens with one attached hydrogen (secondary N) is 1. The maximum atomic E-state index is 3.47. The molecule has 2 fully saturated rings. The quantitative estimate of drug-likeness (QED) is 0.862. The molecule has 1 atom stereocenters. The molecule has 18 heavy (non-hydrogen) atoms. The Morgan fingerprint density at radius 3 is 2.50 bits per heavy atom. The molecule has 1 aromatic carbocycles. The van der Waals surface area contributed by atoms with Gasteiger partial charge in [0, 0.05) is 45.3 Å². The molecule has 0 radical (unpaired) electrons. The van der Waals surface area contributed by atoms with E-state index in [0.717, 1.165) is 12.6 Å². The molecule has 1 N–H and O–H groups in total. The first-order valence-electron chi connectivity index (χ1n) is 7.13. The second-order valence-corrected chi connectivity index (χ2v) is 5.44. The van der Waals surface area contributed by atoms with Gasteiger partial charge < -0.3 is 5.32 Å². The molecule has 1 aromatic rings. The van der Waals surface area contributed by atoms with Gasteiger partial charge in [0.2, 0.25) is 0 Å². The molecule has 0 aromatic heterocycles. The zero-order valence-corrected chi connectivity index (χ0v) is 11.0. The van der Waals surface area contributed by atoms with Crippen LogP contribution >= 0.6 is 0 Å². The van der Waals surface area contributed by atoms with Crippen LogP contribution in [0.15, 0.2) is 30.3 Å². The topological polar surface area (TPSA) is 18.5 Å². The highest BCUT2D eigenvalue weighted by Crippen LogP contribution is 2.13.